The lowest BCUT2D eigenvalue weighted by molar-refractivity contribution is -0.137. The smallest absolute Gasteiger partial charge is 0.416 e. The van der Waals surface area contributed by atoms with Crippen LogP contribution in [0.2, 0.25) is 0 Å². The van der Waals surface area contributed by atoms with Gasteiger partial charge in [-0.3, -0.25) is 9.78 Å². The summed E-state index contributed by atoms with van der Waals surface area (Å²) in [7, 11) is 0. The molecule has 1 N–H and O–H groups in total. The molecule has 4 aromatic rings. The normalized spacial score (nSPS) is 11.2. The minimum atomic E-state index is -4.39. The molecule has 0 fully saturated rings. The van der Waals surface area contributed by atoms with E-state index in [1.54, 1.807) is 54.2 Å². The standard InChI is InChI=1S/C24H18F3N3O2S/c25-24(26,27)19-5-1-3-16(11-19)14-32-20-8-6-18(7-9-20)23-30-21(15-33-23)22(31)29-13-17-4-2-10-28-12-17/h1-12,15H,13-14H2,(H,29,31). The van der Waals surface area contributed by atoms with E-state index in [1.165, 1.54) is 17.4 Å². The Morgan fingerprint density at radius 1 is 1.03 bits per heavy atom. The van der Waals surface area contributed by atoms with Crippen LogP contribution in [0.4, 0.5) is 13.2 Å². The first-order chi connectivity index (χ1) is 15.9. The summed E-state index contributed by atoms with van der Waals surface area (Å²) in [5, 5.41) is 5.17. The number of ether oxygens (including phenoxy) is 1. The molecule has 9 heteroatoms. The zero-order chi connectivity index (χ0) is 23.3. The van der Waals surface area contributed by atoms with Crippen LogP contribution < -0.4 is 10.1 Å². The van der Waals surface area contributed by atoms with E-state index < -0.39 is 11.7 Å². The highest BCUT2D eigenvalue weighted by Crippen LogP contribution is 2.30. The van der Waals surface area contributed by atoms with Gasteiger partial charge in [-0.05, 0) is 53.6 Å². The number of alkyl halides is 3. The molecular formula is C24H18F3N3O2S. The first-order valence-electron chi connectivity index (χ1n) is 9.90. The molecule has 4 rings (SSSR count). The number of nitrogens with zero attached hydrogens (tertiary/aromatic N) is 2. The Morgan fingerprint density at radius 2 is 1.82 bits per heavy atom. The average Bonchev–Trinajstić information content (AvgIpc) is 3.32. The summed E-state index contributed by atoms with van der Waals surface area (Å²) in [6.07, 6.45) is -1.04. The van der Waals surface area contributed by atoms with E-state index in [9.17, 15) is 18.0 Å². The number of hydrogen-bond donors (Lipinski definition) is 1. The van der Waals surface area contributed by atoms with E-state index in [2.05, 4.69) is 15.3 Å². The maximum absolute atomic E-state index is 12.8. The number of nitrogens with one attached hydrogen (secondary N) is 1. The highest BCUT2D eigenvalue weighted by atomic mass is 32.1. The van der Waals surface area contributed by atoms with Crippen LogP contribution in [0.1, 0.15) is 27.2 Å². The van der Waals surface area contributed by atoms with Crippen LogP contribution in [-0.4, -0.2) is 15.9 Å². The number of hydrogen-bond acceptors (Lipinski definition) is 5. The van der Waals surface area contributed by atoms with Gasteiger partial charge in [-0.15, -0.1) is 11.3 Å². The zero-order valence-electron chi connectivity index (χ0n) is 17.2. The van der Waals surface area contributed by atoms with Gasteiger partial charge in [0.05, 0.1) is 5.56 Å². The number of amides is 1. The molecule has 0 aliphatic carbocycles. The molecule has 0 saturated carbocycles. The van der Waals surface area contributed by atoms with Gasteiger partial charge in [0.2, 0.25) is 0 Å². The monoisotopic (exact) mass is 469 g/mol. The molecule has 5 nitrogen and oxygen atoms in total. The fourth-order valence-electron chi connectivity index (χ4n) is 2.98. The number of thiazole rings is 1. The molecule has 168 valence electrons. The first kappa shape index (κ1) is 22.5. The van der Waals surface area contributed by atoms with Gasteiger partial charge < -0.3 is 10.1 Å². The molecule has 0 atom stereocenters. The summed E-state index contributed by atoms with van der Waals surface area (Å²) >= 11 is 1.34. The van der Waals surface area contributed by atoms with Gasteiger partial charge in [-0.25, -0.2) is 4.98 Å². The van der Waals surface area contributed by atoms with Gasteiger partial charge in [0.1, 0.15) is 23.1 Å². The number of pyridine rings is 1. The Kier molecular flexibility index (Phi) is 6.69. The summed E-state index contributed by atoms with van der Waals surface area (Å²) in [5.74, 6) is 0.240. The first-order valence-corrected chi connectivity index (χ1v) is 10.8. The molecule has 0 saturated heterocycles. The van der Waals surface area contributed by atoms with E-state index in [0.29, 0.717) is 28.6 Å². The number of aromatic nitrogens is 2. The molecule has 0 aliphatic rings. The maximum atomic E-state index is 12.8. The lowest BCUT2D eigenvalue weighted by Gasteiger charge is -2.10. The Balaban J connectivity index is 1.35. The highest BCUT2D eigenvalue weighted by Gasteiger charge is 2.30. The molecule has 0 radical (unpaired) electrons. The van der Waals surface area contributed by atoms with Crippen LogP contribution in [0, 0.1) is 0 Å². The third kappa shape index (κ3) is 5.95. The molecule has 0 unspecified atom stereocenters. The molecule has 0 aliphatic heterocycles. The molecule has 1 amide bonds. The van der Waals surface area contributed by atoms with Crippen LogP contribution in [0.5, 0.6) is 5.75 Å². The SMILES string of the molecule is O=C(NCc1cccnc1)c1csc(-c2ccc(OCc3cccc(C(F)(F)F)c3)cc2)n1. The van der Waals surface area contributed by atoms with Crippen LogP contribution in [0.25, 0.3) is 10.6 Å². The van der Waals surface area contributed by atoms with Crippen LogP contribution >= 0.6 is 11.3 Å². The second-order valence-corrected chi connectivity index (χ2v) is 7.95. The van der Waals surface area contributed by atoms with Gasteiger partial charge in [0.25, 0.3) is 5.91 Å². The maximum Gasteiger partial charge on any atom is 0.416 e. The number of benzene rings is 2. The van der Waals surface area contributed by atoms with E-state index >= 15 is 0 Å². The Labute approximate surface area is 191 Å². The quantitative estimate of drug-likeness (QED) is 0.375. The van der Waals surface area contributed by atoms with Crippen molar-refractivity contribution in [1.29, 1.82) is 0 Å². The van der Waals surface area contributed by atoms with Crippen molar-refractivity contribution in [3.63, 3.8) is 0 Å². The van der Waals surface area contributed by atoms with E-state index in [4.69, 9.17) is 4.74 Å². The Morgan fingerprint density at radius 3 is 2.55 bits per heavy atom. The summed E-state index contributed by atoms with van der Waals surface area (Å²) in [6.45, 7) is 0.374. The molecule has 33 heavy (non-hydrogen) atoms. The lowest BCUT2D eigenvalue weighted by atomic mass is 10.1. The number of halogens is 3. The van der Waals surface area contributed by atoms with Gasteiger partial charge in [0.15, 0.2) is 0 Å². The highest BCUT2D eigenvalue weighted by molar-refractivity contribution is 7.13. The fourth-order valence-corrected chi connectivity index (χ4v) is 3.79. The van der Waals surface area contributed by atoms with Crippen molar-refractivity contribution in [2.75, 3.05) is 0 Å². The molecule has 2 aromatic heterocycles. The average molecular weight is 469 g/mol. The Bertz CT molecular complexity index is 1230. The summed E-state index contributed by atoms with van der Waals surface area (Å²) < 4.78 is 44.1. The fraction of sp³-hybridized carbons (Fsp3) is 0.125. The topological polar surface area (TPSA) is 64.1 Å². The minimum absolute atomic E-state index is 0.0156. The van der Waals surface area contributed by atoms with Crippen molar-refractivity contribution in [3.8, 4) is 16.3 Å². The van der Waals surface area contributed by atoms with Gasteiger partial charge in [0, 0.05) is 29.9 Å². The van der Waals surface area contributed by atoms with Crippen LogP contribution in [0.3, 0.4) is 0 Å². The van der Waals surface area contributed by atoms with Crippen molar-refractivity contribution in [2.45, 2.75) is 19.3 Å². The summed E-state index contributed by atoms with van der Waals surface area (Å²) in [4.78, 5) is 20.7. The van der Waals surface area contributed by atoms with Crippen LogP contribution in [-0.2, 0) is 19.3 Å². The minimum Gasteiger partial charge on any atom is -0.489 e. The van der Waals surface area contributed by atoms with Crippen molar-refractivity contribution in [2.24, 2.45) is 0 Å². The third-order valence-electron chi connectivity index (χ3n) is 4.67. The van der Waals surface area contributed by atoms with Crippen molar-refractivity contribution < 1.29 is 22.7 Å². The summed E-state index contributed by atoms with van der Waals surface area (Å²) in [6, 6.07) is 15.7. The van der Waals surface area contributed by atoms with Crippen molar-refractivity contribution in [3.05, 3.63) is 101 Å². The number of carbonyl (C=O) groups is 1. The number of rotatable bonds is 7. The van der Waals surface area contributed by atoms with Gasteiger partial charge in [-0.2, -0.15) is 13.2 Å². The molecular weight excluding hydrogens is 451 g/mol. The second kappa shape index (κ2) is 9.83. The molecule has 2 aromatic carbocycles. The molecule has 0 spiro atoms. The third-order valence-corrected chi connectivity index (χ3v) is 5.57. The predicted octanol–water partition coefficient (Wildman–Crippen LogP) is 5.73. The van der Waals surface area contributed by atoms with Crippen molar-refractivity contribution in [1.82, 2.24) is 15.3 Å². The molecule has 0 bridgehead atoms. The van der Waals surface area contributed by atoms with E-state index in [-0.39, 0.29) is 12.5 Å². The number of carbonyl (C=O) groups excluding carboxylic acids is 1. The van der Waals surface area contributed by atoms with Crippen molar-refractivity contribution >= 4 is 17.2 Å². The second-order valence-electron chi connectivity index (χ2n) is 7.09. The summed E-state index contributed by atoms with van der Waals surface area (Å²) in [5.41, 5.74) is 1.74. The van der Waals surface area contributed by atoms with Crippen LogP contribution in [0.15, 0.2) is 78.4 Å². The van der Waals surface area contributed by atoms with Gasteiger partial charge in [-0.1, -0.05) is 18.2 Å². The largest absolute Gasteiger partial charge is 0.489 e. The Hall–Kier alpha value is -3.72. The predicted molar refractivity (Wildman–Crippen MR) is 119 cm³/mol. The van der Waals surface area contributed by atoms with Gasteiger partial charge >= 0.3 is 6.18 Å². The lowest BCUT2D eigenvalue weighted by Crippen LogP contribution is -2.23. The zero-order valence-corrected chi connectivity index (χ0v) is 18.0. The molecule has 2 heterocycles. The van der Waals surface area contributed by atoms with E-state index in [1.807, 2.05) is 6.07 Å². The van der Waals surface area contributed by atoms with E-state index in [0.717, 1.165) is 23.3 Å².